The summed E-state index contributed by atoms with van der Waals surface area (Å²) in [6.45, 7) is 1.87. The quantitative estimate of drug-likeness (QED) is 0.361. The zero-order valence-corrected chi connectivity index (χ0v) is 16.9. The van der Waals surface area contributed by atoms with Gasteiger partial charge in [-0.25, -0.2) is 9.18 Å². The molecule has 1 amide bonds. The van der Waals surface area contributed by atoms with Crippen molar-refractivity contribution >= 4 is 29.1 Å². The third-order valence-corrected chi connectivity index (χ3v) is 5.33. The highest BCUT2D eigenvalue weighted by Crippen LogP contribution is 2.42. The number of nitrogens with zero attached hydrogens (tertiary/aromatic N) is 1. The van der Waals surface area contributed by atoms with Crippen LogP contribution >= 0.6 is 0 Å². The number of aliphatic hydroxyl groups excluding tert-OH is 1. The summed E-state index contributed by atoms with van der Waals surface area (Å²) in [6.07, 6.45) is 0. The van der Waals surface area contributed by atoms with Gasteiger partial charge in [-0.2, -0.15) is 0 Å². The van der Waals surface area contributed by atoms with Crippen LogP contribution in [0, 0.1) is 12.7 Å². The SMILES string of the molecule is Cc1ccc(/C(O)=C2\C(=O)C(=O)N(c3cccc(C(=O)O)c3)[C@@H]2c2ccc(F)cc2)cc1. The number of carbonyl (C=O) groups is 3. The van der Waals surface area contributed by atoms with E-state index in [1.165, 1.54) is 48.5 Å². The van der Waals surface area contributed by atoms with Crippen LogP contribution in [0.1, 0.15) is 33.1 Å². The first-order valence-corrected chi connectivity index (χ1v) is 9.75. The number of aromatic carboxylic acids is 1. The number of amides is 1. The molecule has 1 aliphatic heterocycles. The van der Waals surface area contributed by atoms with E-state index in [0.29, 0.717) is 11.1 Å². The van der Waals surface area contributed by atoms with E-state index in [0.717, 1.165) is 10.5 Å². The molecule has 3 aromatic rings. The van der Waals surface area contributed by atoms with Gasteiger partial charge in [0.25, 0.3) is 11.7 Å². The Labute approximate surface area is 182 Å². The number of carbonyl (C=O) groups excluding carboxylic acids is 2. The number of aryl methyl sites for hydroxylation is 1. The van der Waals surface area contributed by atoms with E-state index in [4.69, 9.17) is 0 Å². The number of hydrogen-bond donors (Lipinski definition) is 2. The molecule has 160 valence electrons. The van der Waals surface area contributed by atoms with Crippen molar-refractivity contribution in [2.24, 2.45) is 0 Å². The van der Waals surface area contributed by atoms with Crippen LogP contribution in [0.2, 0.25) is 0 Å². The largest absolute Gasteiger partial charge is 0.507 e. The number of carboxylic acids is 1. The first kappa shape index (κ1) is 21.0. The van der Waals surface area contributed by atoms with Crippen LogP contribution in [0.15, 0.2) is 78.4 Å². The average molecular weight is 431 g/mol. The fourth-order valence-electron chi connectivity index (χ4n) is 3.72. The van der Waals surface area contributed by atoms with Crippen molar-refractivity contribution in [3.8, 4) is 0 Å². The van der Waals surface area contributed by atoms with E-state index in [2.05, 4.69) is 0 Å². The van der Waals surface area contributed by atoms with Gasteiger partial charge in [0.1, 0.15) is 11.6 Å². The lowest BCUT2D eigenvalue weighted by Crippen LogP contribution is -2.29. The molecular formula is C25H18FNO5. The molecular weight excluding hydrogens is 413 g/mol. The van der Waals surface area contributed by atoms with E-state index in [1.54, 1.807) is 24.3 Å². The number of rotatable bonds is 4. The number of hydrogen-bond acceptors (Lipinski definition) is 4. The van der Waals surface area contributed by atoms with Gasteiger partial charge >= 0.3 is 5.97 Å². The fraction of sp³-hybridized carbons (Fsp3) is 0.0800. The molecule has 7 heteroatoms. The summed E-state index contributed by atoms with van der Waals surface area (Å²) in [5.74, 6) is -3.90. The molecule has 1 fully saturated rings. The number of Topliss-reactive ketones (excluding diaryl/α,β-unsaturated/α-hetero) is 1. The Morgan fingerprint density at radius 3 is 2.19 bits per heavy atom. The minimum Gasteiger partial charge on any atom is -0.507 e. The number of aliphatic hydroxyl groups is 1. The molecule has 0 radical (unpaired) electrons. The van der Waals surface area contributed by atoms with E-state index in [-0.39, 0.29) is 22.6 Å². The van der Waals surface area contributed by atoms with E-state index < -0.39 is 29.5 Å². The Morgan fingerprint density at radius 2 is 1.56 bits per heavy atom. The van der Waals surface area contributed by atoms with Crippen LogP contribution in [0.3, 0.4) is 0 Å². The predicted octanol–water partition coefficient (Wildman–Crippen LogP) is 4.46. The molecule has 1 heterocycles. The summed E-state index contributed by atoms with van der Waals surface area (Å²) in [7, 11) is 0. The predicted molar refractivity (Wildman–Crippen MR) is 116 cm³/mol. The monoisotopic (exact) mass is 431 g/mol. The highest BCUT2D eigenvalue weighted by atomic mass is 19.1. The Hall–Kier alpha value is -4.26. The maximum Gasteiger partial charge on any atom is 0.335 e. The zero-order chi connectivity index (χ0) is 23.0. The van der Waals surface area contributed by atoms with E-state index in [9.17, 15) is 29.0 Å². The third kappa shape index (κ3) is 3.65. The summed E-state index contributed by atoms with van der Waals surface area (Å²) >= 11 is 0. The average Bonchev–Trinajstić information content (AvgIpc) is 3.05. The smallest absolute Gasteiger partial charge is 0.335 e. The topological polar surface area (TPSA) is 94.9 Å². The van der Waals surface area contributed by atoms with Gasteiger partial charge < -0.3 is 10.2 Å². The van der Waals surface area contributed by atoms with Gasteiger partial charge in [-0.1, -0.05) is 48.0 Å². The summed E-state index contributed by atoms with van der Waals surface area (Å²) in [5, 5.41) is 20.3. The Bertz CT molecular complexity index is 1260. The molecule has 6 nitrogen and oxygen atoms in total. The van der Waals surface area contributed by atoms with Crippen molar-refractivity contribution in [3.05, 3.63) is 106 Å². The Balaban J connectivity index is 1.94. The summed E-state index contributed by atoms with van der Waals surface area (Å²) < 4.78 is 13.6. The number of carboxylic acid groups (broad SMARTS) is 1. The Morgan fingerprint density at radius 1 is 0.906 bits per heavy atom. The molecule has 3 aromatic carbocycles. The molecule has 1 saturated heterocycles. The molecule has 2 N–H and O–H groups in total. The van der Waals surface area contributed by atoms with Gasteiger partial charge in [0, 0.05) is 11.3 Å². The van der Waals surface area contributed by atoms with Crippen LogP contribution in [0.5, 0.6) is 0 Å². The lowest BCUT2D eigenvalue weighted by Gasteiger charge is -2.25. The lowest BCUT2D eigenvalue weighted by atomic mass is 9.95. The van der Waals surface area contributed by atoms with Gasteiger partial charge in [-0.15, -0.1) is 0 Å². The molecule has 0 saturated carbocycles. The van der Waals surface area contributed by atoms with Gasteiger partial charge in [0.05, 0.1) is 17.2 Å². The second kappa shape index (κ2) is 8.11. The molecule has 1 atom stereocenters. The first-order chi connectivity index (χ1) is 15.3. The third-order valence-electron chi connectivity index (χ3n) is 5.33. The lowest BCUT2D eigenvalue weighted by molar-refractivity contribution is -0.132. The maximum absolute atomic E-state index is 13.6. The number of halogens is 1. The van der Waals surface area contributed by atoms with E-state index in [1.807, 2.05) is 6.92 Å². The molecule has 1 aliphatic rings. The molecule has 0 bridgehead atoms. The van der Waals surface area contributed by atoms with Gasteiger partial charge in [0.15, 0.2) is 0 Å². The summed E-state index contributed by atoms with van der Waals surface area (Å²) in [4.78, 5) is 38.6. The number of benzene rings is 3. The molecule has 32 heavy (non-hydrogen) atoms. The van der Waals surface area contributed by atoms with Crippen molar-refractivity contribution in [2.45, 2.75) is 13.0 Å². The van der Waals surface area contributed by atoms with Crippen LogP contribution < -0.4 is 4.90 Å². The van der Waals surface area contributed by atoms with Crippen LogP contribution in [0.4, 0.5) is 10.1 Å². The van der Waals surface area contributed by atoms with Crippen molar-refractivity contribution in [1.82, 2.24) is 0 Å². The molecule has 0 spiro atoms. The zero-order valence-electron chi connectivity index (χ0n) is 16.9. The molecule has 0 aromatic heterocycles. The summed E-state index contributed by atoms with van der Waals surface area (Å²) in [5.41, 5.74) is 1.62. The van der Waals surface area contributed by atoms with Gasteiger partial charge in [0.2, 0.25) is 0 Å². The standard InChI is InChI=1S/C25H18FNO5/c1-14-5-7-16(8-6-14)22(28)20-21(15-9-11-18(26)12-10-15)27(24(30)23(20)29)19-4-2-3-17(13-19)25(31)32/h2-13,21,28H,1H3,(H,31,32)/b22-20+/t21-/m1/s1. The van der Waals surface area contributed by atoms with Crippen molar-refractivity contribution < 1.29 is 29.0 Å². The van der Waals surface area contributed by atoms with E-state index >= 15 is 0 Å². The molecule has 4 rings (SSSR count). The fourth-order valence-corrected chi connectivity index (χ4v) is 3.72. The number of anilines is 1. The minimum absolute atomic E-state index is 0.0687. The van der Waals surface area contributed by atoms with Crippen LogP contribution in [-0.4, -0.2) is 27.9 Å². The number of ketones is 1. The van der Waals surface area contributed by atoms with Gasteiger partial charge in [-0.05, 0) is 42.8 Å². The molecule has 0 unspecified atom stereocenters. The minimum atomic E-state index is -1.19. The summed E-state index contributed by atoms with van der Waals surface area (Å²) in [6, 6.07) is 16.5. The highest BCUT2D eigenvalue weighted by Gasteiger charge is 2.47. The van der Waals surface area contributed by atoms with Crippen LogP contribution in [0.25, 0.3) is 5.76 Å². The molecule has 0 aliphatic carbocycles. The second-order valence-corrected chi connectivity index (χ2v) is 7.44. The normalized spacial score (nSPS) is 17.6. The maximum atomic E-state index is 13.6. The van der Waals surface area contributed by atoms with Crippen molar-refractivity contribution in [1.29, 1.82) is 0 Å². The first-order valence-electron chi connectivity index (χ1n) is 9.75. The highest BCUT2D eigenvalue weighted by molar-refractivity contribution is 6.51. The Kier molecular flexibility index (Phi) is 5.32. The second-order valence-electron chi connectivity index (χ2n) is 7.44. The van der Waals surface area contributed by atoms with Crippen molar-refractivity contribution in [2.75, 3.05) is 4.90 Å². The van der Waals surface area contributed by atoms with Crippen LogP contribution in [-0.2, 0) is 9.59 Å². The van der Waals surface area contributed by atoms with Gasteiger partial charge in [-0.3, -0.25) is 14.5 Å². The van der Waals surface area contributed by atoms with Crippen molar-refractivity contribution in [3.63, 3.8) is 0 Å².